The van der Waals surface area contributed by atoms with E-state index in [0.29, 0.717) is 22.5 Å². The van der Waals surface area contributed by atoms with Gasteiger partial charge in [0.2, 0.25) is 0 Å². The number of carboxylic acid groups (broad SMARTS) is 1. The van der Waals surface area contributed by atoms with Crippen LogP contribution in [0.1, 0.15) is 29.8 Å². The van der Waals surface area contributed by atoms with E-state index in [1.54, 1.807) is 62.4 Å². The minimum Gasteiger partial charge on any atom is -0.480 e. The van der Waals surface area contributed by atoms with Gasteiger partial charge < -0.3 is 31.6 Å². The number of alkyl carbamates (subject to hydrolysis) is 1. The molecule has 2 rings (SSSR count). The van der Waals surface area contributed by atoms with Crippen LogP contribution < -0.4 is 21.8 Å². The highest BCUT2D eigenvalue weighted by Crippen LogP contribution is 2.15. The topological polar surface area (TPSA) is 155 Å². The third-order valence-corrected chi connectivity index (χ3v) is 4.02. The van der Waals surface area contributed by atoms with Gasteiger partial charge in [-0.15, -0.1) is 0 Å². The van der Waals surface area contributed by atoms with E-state index in [1.807, 2.05) is 0 Å². The van der Waals surface area contributed by atoms with Crippen LogP contribution in [0.25, 0.3) is 0 Å². The molecule has 31 heavy (non-hydrogen) atoms. The lowest BCUT2D eigenvalue weighted by molar-refractivity contribution is -0.139. The summed E-state index contributed by atoms with van der Waals surface area (Å²) in [6, 6.07) is 12.3. The van der Waals surface area contributed by atoms with Crippen molar-refractivity contribution in [1.82, 2.24) is 5.32 Å². The molecule has 0 aliphatic carbocycles. The summed E-state index contributed by atoms with van der Waals surface area (Å²) < 4.78 is 4.92. The number of hydrogen-bond donors (Lipinski definition) is 5. The quantitative estimate of drug-likeness (QED) is 0.178. The van der Waals surface area contributed by atoms with E-state index in [4.69, 9.17) is 10.6 Å². The fourth-order valence-corrected chi connectivity index (χ4v) is 2.62. The lowest BCUT2D eigenvalue weighted by Crippen LogP contribution is -2.43. The molecule has 10 heteroatoms. The summed E-state index contributed by atoms with van der Waals surface area (Å²) in [5.41, 5.74) is 2.29. The van der Waals surface area contributed by atoms with Gasteiger partial charge in [0.25, 0.3) is 5.91 Å². The summed E-state index contributed by atoms with van der Waals surface area (Å²) in [7, 11) is 0. The molecule has 0 radical (unpaired) electrons. The fourth-order valence-electron chi connectivity index (χ4n) is 2.62. The van der Waals surface area contributed by atoms with Crippen molar-refractivity contribution in [1.29, 1.82) is 0 Å². The first kappa shape index (κ1) is 23.2. The SMILES string of the molecule is CC(C)OC(=O)NC(Cc1ccc(NC(=O)c2cccc(NC=NN)c2)cc1)C(=O)O. The van der Waals surface area contributed by atoms with Crippen LogP contribution in [-0.2, 0) is 16.0 Å². The number of nitrogens with two attached hydrogens (primary N) is 1. The van der Waals surface area contributed by atoms with Gasteiger partial charge >= 0.3 is 12.1 Å². The average molecular weight is 427 g/mol. The second-order valence-electron chi connectivity index (χ2n) is 6.85. The number of anilines is 2. The number of carboxylic acids is 1. The molecule has 0 bridgehead atoms. The predicted octanol–water partition coefficient (Wildman–Crippen LogP) is 2.38. The summed E-state index contributed by atoms with van der Waals surface area (Å²) in [6.07, 6.45) is 0.216. The van der Waals surface area contributed by atoms with Gasteiger partial charge in [-0.2, -0.15) is 5.10 Å². The molecule has 2 amide bonds. The van der Waals surface area contributed by atoms with Gasteiger partial charge in [0.1, 0.15) is 12.4 Å². The molecule has 1 atom stereocenters. The van der Waals surface area contributed by atoms with Crippen LogP contribution in [0.2, 0.25) is 0 Å². The van der Waals surface area contributed by atoms with Crippen molar-refractivity contribution in [2.45, 2.75) is 32.4 Å². The number of hydrogen-bond acceptors (Lipinski definition) is 6. The maximum Gasteiger partial charge on any atom is 0.408 e. The van der Waals surface area contributed by atoms with Crippen molar-refractivity contribution in [3.8, 4) is 0 Å². The smallest absolute Gasteiger partial charge is 0.408 e. The number of aliphatic carboxylic acids is 1. The second kappa shape index (κ2) is 11.2. The maximum absolute atomic E-state index is 12.5. The van der Waals surface area contributed by atoms with E-state index in [1.165, 1.54) is 6.34 Å². The maximum atomic E-state index is 12.5. The molecule has 0 saturated heterocycles. The summed E-state index contributed by atoms with van der Waals surface area (Å²) >= 11 is 0. The van der Waals surface area contributed by atoms with E-state index in [2.05, 4.69) is 21.1 Å². The minimum absolute atomic E-state index is 0.0627. The first-order chi connectivity index (χ1) is 14.8. The van der Waals surface area contributed by atoms with Crippen molar-refractivity contribution in [3.63, 3.8) is 0 Å². The fraction of sp³-hybridized carbons (Fsp3) is 0.238. The number of hydrazone groups is 1. The number of nitrogens with one attached hydrogen (secondary N) is 3. The van der Waals surface area contributed by atoms with E-state index >= 15 is 0 Å². The first-order valence-electron chi connectivity index (χ1n) is 9.47. The lowest BCUT2D eigenvalue weighted by atomic mass is 10.1. The average Bonchev–Trinajstić information content (AvgIpc) is 2.72. The Morgan fingerprint density at radius 2 is 1.84 bits per heavy atom. The molecule has 0 heterocycles. The Kier molecular flexibility index (Phi) is 8.38. The molecule has 0 aliphatic rings. The third-order valence-electron chi connectivity index (χ3n) is 4.02. The molecule has 0 saturated carbocycles. The highest BCUT2D eigenvalue weighted by atomic mass is 16.6. The summed E-state index contributed by atoms with van der Waals surface area (Å²) in [5, 5.41) is 20.6. The summed E-state index contributed by atoms with van der Waals surface area (Å²) in [6.45, 7) is 3.34. The normalized spacial score (nSPS) is 11.7. The van der Waals surface area contributed by atoms with Crippen LogP contribution in [0.15, 0.2) is 53.6 Å². The highest BCUT2D eigenvalue weighted by molar-refractivity contribution is 6.05. The zero-order valence-corrected chi connectivity index (χ0v) is 17.2. The number of nitrogens with zero attached hydrogens (tertiary/aromatic N) is 1. The van der Waals surface area contributed by atoms with Gasteiger partial charge in [0.05, 0.1) is 6.10 Å². The predicted molar refractivity (Wildman–Crippen MR) is 117 cm³/mol. The van der Waals surface area contributed by atoms with Gasteiger partial charge in [0.15, 0.2) is 0 Å². The third kappa shape index (κ3) is 7.69. The van der Waals surface area contributed by atoms with Crippen LogP contribution in [0.4, 0.5) is 16.2 Å². The van der Waals surface area contributed by atoms with Crippen molar-refractivity contribution in [3.05, 3.63) is 59.7 Å². The summed E-state index contributed by atoms with van der Waals surface area (Å²) in [4.78, 5) is 35.6. The Morgan fingerprint density at radius 1 is 1.13 bits per heavy atom. The molecule has 2 aromatic rings. The molecule has 0 fully saturated rings. The van der Waals surface area contributed by atoms with Gasteiger partial charge in [-0.1, -0.05) is 18.2 Å². The number of amides is 2. The number of rotatable bonds is 9. The van der Waals surface area contributed by atoms with Crippen molar-refractivity contribution in [2.24, 2.45) is 10.9 Å². The summed E-state index contributed by atoms with van der Waals surface area (Å²) in [5.74, 6) is 3.55. The molecule has 10 nitrogen and oxygen atoms in total. The Morgan fingerprint density at radius 3 is 2.45 bits per heavy atom. The number of carbonyl (C=O) groups is 3. The molecule has 0 aliphatic heterocycles. The minimum atomic E-state index is -1.17. The molecular formula is C21H25N5O5. The molecule has 2 aromatic carbocycles. The molecule has 6 N–H and O–H groups in total. The number of ether oxygens (including phenoxy) is 1. The molecule has 1 unspecified atom stereocenters. The lowest BCUT2D eigenvalue weighted by Gasteiger charge is -2.16. The van der Waals surface area contributed by atoms with Crippen LogP contribution in [0, 0.1) is 0 Å². The van der Waals surface area contributed by atoms with Crippen molar-refractivity contribution < 1.29 is 24.2 Å². The molecule has 164 valence electrons. The van der Waals surface area contributed by atoms with E-state index in [9.17, 15) is 19.5 Å². The first-order valence-corrected chi connectivity index (χ1v) is 9.47. The van der Waals surface area contributed by atoms with Crippen LogP contribution in [0.3, 0.4) is 0 Å². The van der Waals surface area contributed by atoms with Gasteiger partial charge in [-0.05, 0) is 49.7 Å². The largest absolute Gasteiger partial charge is 0.480 e. The Balaban J connectivity index is 2.00. The second-order valence-corrected chi connectivity index (χ2v) is 6.85. The Bertz CT molecular complexity index is 943. The van der Waals surface area contributed by atoms with Crippen molar-refractivity contribution >= 4 is 35.7 Å². The van der Waals surface area contributed by atoms with Gasteiger partial charge in [-0.3, -0.25) is 4.79 Å². The van der Waals surface area contributed by atoms with E-state index in [-0.39, 0.29) is 18.4 Å². The van der Waals surface area contributed by atoms with E-state index in [0.717, 1.165) is 0 Å². The molecule has 0 spiro atoms. The molecule has 0 aromatic heterocycles. The standard InChI is InChI=1S/C21H25N5O5/c1-13(2)31-21(30)26-18(20(28)29)10-14-6-8-16(9-7-14)25-19(27)15-4-3-5-17(11-15)23-12-24-22/h3-9,11-13,18H,10,22H2,1-2H3,(H,23,24)(H,25,27)(H,26,30)(H,28,29). The molecular weight excluding hydrogens is 402 g/mol. The van der Waals surface area contributed by atoms with E-state index < -0.39 is 18.1 Å². The zero-order valence-electron chi connectivity index (χ0n) is 17.2. The zero-order chi connectivity index (χ0) is 22.8. The highest BCUT2D eigenvalue weighted by Gasteiger charge is 2.21. The van der Waals surface area contributed by atoms with Crippen LogP contribution in [-0.4, -0.2) is 41.6 Å². The Labute approximate surface area is 179 Å². The van der Waals surface area contributed by atoms with Crippen LogP contribution in [0.5, 0.6) is 0 Å². The monoisotopic (exact) mass is 427 g/mol. The number of benzene rings is 2. The number of carbonyl (C=O) groups excluding carboxylic acids is 2. The Hall–Kier alpha value is -4.08. The van der Waals surface area contributed by atoms with Crippen LogP contribution >= 0.6 is 0 Å². The van der Waals surface area contributed by atoms with Gasteiger partial charge in [0, 0.05) is 23.4 Å². The van der Waals surface area contributed by atoms with Crippen molar-refractivity contribution in [2.75, 3.05) is 10.6 Å². The van der Waals surface area contributed by atoms with Gasteiger partial charge in [-0.25, -0.2) is 9.59 Å².